The largest absolute Gasteiger partial charge is 0.490 e. The van der Waals surface area contributed by atoms with Gasteiger partial charge in [0.05, 0.1) is 53.2 Å². The number of carboxylic acid groups (broad SMARTS) is 1. The molecule has 5 aromatic rings. The van der Waals surface area contributed by atoms with Crippen LogP contribution in [0.15, 0.2) is 66.1 Å². The first kappa shape index (κ1) is 35.1. The zero-order valence-electron chi connectivity index (χ0n) is 24.7. The van der Waals surface area contributed by atoms with Crippen LogP contribution in [0.5, 0.6) is 0 Å². The average Bonchev–Trinajstić information content (AvgIpc) is 3.67. The first-order valence-corrected chi connectivity index (χ1v) is 14.9. The van der Waals surface area contributed by atoms with Crippen molar-refractivity contribution < 1.29 is 36.6 Å². The van der Waals surface area contributed by atoms with Crippen molar-refractivity contribution in [2.24, 2.45) is 0 Å². The summed E-state index contributed by atoms with van der Waals surface area (Å²) in [7, 11) is 0. The number of fused-ring (bicyclic) bond motifs is 4. The van der Waals surface area contributed by atoms with Crippen LogP contribution in [0.3, 0.4) is 0 Å². The van der Waals surface area contributed by atoms with Crippen molar-refractivity contribution >= 4 is 40.8 Å². The number of aliphatic carboxylic acids is 1. The molecule has 1 atom stereocenters. The van der Waals surface area contributed by atoms with Crippen molar-refractivity contribution in [2.75, 3.05) is 5.32 Å². The van der Waals surface area contributed by atoms with Gasteiger partial charge in [-0.25, -0.2) is 19.1 Å². The van der Waals surface area contributed by atoms with E-state index in [-0.39, 0.29) is 34.4 Å². The molecule has 0 radical (unpaired) electrons. The molecule has 1 amide bonds. The van der Waals surface area contributed by atoms with E-state index in [2.05, 4.69) is 30.7 Å². The van der Waals surface area contributed by atoms with Crippen molar-refractivity contribution in [2.45, 2.75) is 44.5 Å². The molecule has 2 bridgehead atoms. The van der Waals surface area contributed by atoms with Crippen LogP contribution < -0.4 is 10.9 Å². The summed E-state index contributed by atoms with van der Waals surface area (Å²) in [5.74, 6) is -3.07. The van der Waals surface area contributed by atoms with Crippen LogP contribution in [0.4, 0.5) is 27.6 Å². The second-order valence-electron chi connectivity index (χ2n) is 10.4. The zero-order chi connectivity index (χ0) is 35.5. The fourth-order valence-corrected chi connectivity index (χ4v) is 5.30. The number of rotatable bonds is 4. The minimum Gasteiger partial charge on any atom is -0.475 e. The number of carbonyl (C=O) groups excluding carboxylic acids is 1. The van der Waals surface area contributed by atoms with Crippen molar-refractivity contribution in [3.63, 3.8) is 0 Å². The summed E-state index contributed by atoms with van der Waals surface area (Å²) in [6, 6.07) is 9.03. The third kappa shape index (κ3) is 8.09. The van der Waals surface area contributed by atoms with Crippen LogP contribution in [0.1, 0.15) is 44.0 Å². The third-order valence-corrected chi connectivity index (χ3v) is 7.55. The number of carbonyl (C=O) groups is 2. The predicted octanol–water partition coefficient (Wildman–Crippen LogP) is 6.19. The second-order valence-corrected chi connectivity index (χ2v) is 11.2. The van der Waals surface area contributed by atoms with E-state index in [9.17, 15) is 31.5 Å². The minimum absolute atomic E-state index is 0.0452. The molecule has 0 saturated carbocycles. The number of benzene rings is 1. The molecule has 1 aliphatic heterocycles. The Morgan fingerprint density at radius 3 is 2.47 bits per heavy atom. The van der Waals surface area contributed by atoms with E-state index in [1.165, 1.54) is 40.2 Å². The number of nitrogens with one attached hydrogen (secondary N) is 1. The van der Waals surface area contributed by atoms with Crippen molar-refractivity contribution in [1.82, 2.24) is 39.3 Å². The van der Waals surface area contributed by atoms with Gasteiger partial charge in [0.1, 0.15) is 0 Å². The summed E-state index contributed by atoms with van der Waals surface area (Å²) in [6.45, 7) is -2.93. The molecular formula is C29H22Cl2F5N9O4. The fraction of sp³-hybridized carbons (Fsp3) is 0.241. The van der Waals surface area contributed by atoms with Crippen LogP contribution in [-0.2, 0) is 9.59 Å². The lowest BCUT2D eigenvalue weighted by Gasteiger charge is -2.21. The molecule has 2 N–H and O–H groups in total. The molecular weight excluding hydrogens is 704 g/mol. The molecule has 0 fully saturated rings. The molecule has 49 heavy (non-hydrogen) atoms. The molecule has 5 heterocycles. The summed E-state index contributed by atoms with van der Waals surface area (Å²) >= 11 is 12.2. The molecule has 20 heteroatoms. The van der Waals surface area contributed by atoms with E-state index in [1.807, 2.05) is 0 Å². The van der Waals surface area contributed by atoms with E-state index in [0.717, 1.165) is 0 Å². The Morgan fingerprint density at radius 2 is 1.82 bits per heavy atom. The molecule has 13 nitrogen and oxygen atoms in total. The molecule has 4 aromatic heterocycles. The smallest absolute Gasteiger partial charge is 0.475 e. The van der Waals surface area contributed by atoms with E-state index in [4.69, 9.17) is 33.1 Å². The Hall–Kier alpha value is -5.23. The Kier molecular flexibility index (Phi) is 10.4. The van der Waals surface area contributed by atoms with Crippen molar-refractivity contribution in [3.8, 4) is 28.2 Å². The van der Waals surface area contributed by atoms with Crippen LogP contribution in [-0.4, -0.2) is 62.5 Å². The monoisotopic (exact) mass is 725 g/mol. The minimum atomic E-state index is -5.08. The number of hydrogen-bond donors (Lipinski definition) is 2. The van der Waals surface area contributed by atoms with E-state index < -0.39 is 24.7 Å². The van der Waals surface area contributed by atoms with Gasteiger partial charge in [-0.3, -0.25) is 19.1 Å². The SMILES string of the molecule is O=C(O)C(F)(F)F.O=C1CCCC[C@H](n2cnc(-c3cc(Cl)ccc3-n3cc(Cl)nn3)cc2=O)c2cc(ccn2)-c2c(cnn2C(F)F)N1. The van der Waals surface area contributed by atoms with Gasteiger partial charge in [0.25, 0.3) is 5.56 Å². The second kappa shape index (κ2) is 14.5. The summed E-state index contributed by atoms with van der Waals surface area (Å²) < 4.78 is 62.9. The topological polar surface area (TPSA) is 163 Å². The number of carboxylic acids is 1. The van der Waals surface area contributed by atoms with Crippen LogP contribution in [0.25, 0.3) is 28.2 Å². The fourth-order valence-electron chi connectivity index (χ4n) is 5.00. The Balaban J connectivity index is 0.000000606. The van der Waals surface area contributed by atoms with Gasteiger partial charge in [0.2, 0.25) is 5.91 Å². The van der Waals surface area contributed by atoms with Gasteiger partial charge in [0, 0.05) is 34.8 Å². The number of alkyl halides is 5. The van der Waals surface area contributed by atoms with Crippen LogP contribution in [0.2, 0.25) is 10.2 Å². The summed E-state index contributed by atoms with van der Waals surface area (Å²) in [4.78, 5) is 44.1. The van der Waals surface area contributed by atoms with Gasteiger partial charge in [-0.05, 0) is 43.2 Å². The standard InChI is InChI=1S/C27H21Cl2F2N9O2.C2HF3O2/c28-16-5-6-21(39-13-23(29)36-37-39)17(10-16)18-11-25(42)38(14-33-18)22-3-1-2-4-24(41)35-20-12-34-40(27(30)31)26(20)15-7-8-32-19(22)9-15;3-2(4,5)1(6)7/h5-14,22,27H,1-4H2,(H,35,41);(H,6,7)/t22-;/m0./s1. The summed E-state index contributed by atoms with van der Waals surface area (Å²) in [6.07, 6.45) is 2.25. The van der Waals surface area contributed by atoms with Gasteiger partial charge < -0.3 is 10.4 Å². The van der Waals surface area contributed by atoms with Gasteiger partial charge >= 0.3 is 18.7 Å². The number of aromatic nitrogens is 8. The number of hydrogen-bond acceptors (Lipinski definition) is 8. The first-order valence-electron chi connectivity index (χ1n) is 14.1. The number of nitrogens with zero attached hydrogens (tertiary/aromatic N) is 8. The zero-order valence-corrected chi connectivity index (χ0v) is 26.2. The maximum absolute atomic E-state index is 13.8. The predicted molar refractivity (Wildman–Crippen MR) is 165 cm³/mol. The van der Waals surface area contributed by atoms with Gasteiger partial charge in [-0.2, -0.15) is 27.1 Å². The third-order valence-electron chi connectivity index (χ3n) is 7.14. The van der Waals surface area contributed by atoms with E-state index in [0.29, 0.717) is 57.2 Å². The van der Waals surface area contributed by atoms with Gasteiger partial charge in [-0.15, -0.1) is 5.10 Å². The van der Waals surface area contributed by atoms with E-state index >= 15 is 0 Å². The number of amides is 1. The number of pyridine rings is 1. The molecule has 0 aliphatic carbocycles. The van der Waals surface area contributed by atoms with Gasteiger partial charge in [-0.1, -0.05) is 34.8 Å². The normalized spacial score (nSPS) is 14.9. The lowest BCUT2D eigenvalue weighted by Crippen LogP contribution is -2.26. The maximum Gasteiger partial charge on any atom is 0.490 e. The Bertz CT molecular complexity index is 2070. The molecule has 256 valence electrons. The highest BCUT2D eigenvalue weighted by Crippen LogP contribution is 2.34. The molecule has 1 aromatic carbocycles. The molecule has 0 spiro atoms. The Labute approximate surface area is 281 Å². The Morgan fingerprint density at radius 1 is 1.06 bits per heavy atom. The summed E-state index contributed by atoms with van der Waals surface area (Å²) in [5.41, 5.74) is 2.13. The maximum atomic E-state index is 13.8. The molecule has 0 saturated heterocycles. The van der Waals surface area contributed by atoms with Crippen LogP contribution >= 0.6 is 23.2 Å². The van der Waals surface area contributed by atoms with Crippen molar-refractivity contribution in [1.29, 1.82) is 0 Å². The molecule has 1 aliphatic rings. The first-order chi connectivity index (χ1) is 23.2. The number of halogens is 7. The number of anilines is 1. The van der Waals surface area contributed by atoms with Crippen molar-refractivity contribution in [3.05, 3.63) is 87.5 Å². The average molecular weight is 726 g/mol. The molecule has 6 rings (SSSR count). The van der Waals surface area contributed by atoms with Crippen LogP contribution in [0, 0.1) is 0 Å². The lowest BCUT2D eigenvalue weighted by molar-refractivity contribution is -0.192. The highest BCUT2D eigenvalue weighted by atomic mass is 35.5. The lowest BCUT2D eigenvalue weighted by atomic mass is 10.0. The summed E-state index contributed by atoms with van der Waals surface area (Å²) in [5, 5.41) is 22.0. The van der Waals surface area contributed by atoms with E-state index in [1.54, 1.807) is 30.3 Å². The molecule has 0 unspecified atom stereocenters. The highest BCUT2D eigenvalue weighted by molar-refractivity contribution is 6.31. The van der Waals surface area contributed by atoms with Gasteiger partial charge in [0.15, 0.2) is 5.15 Å². The quantitative estimate of drug-likeness (QED) is 0.206. The highest BCUT2D eigenvalue weighted by Gasteiger charge is 2.38.